The third-order valence-corrected chi connectivity index (χ3v) is 4.27. The zero-order valence-corrected chi connectivity index (χ0v) is 10.7. The van der Waals surface area contributed by atoms with Crippen LogP contribution in [-0.2, 0) is 6.42 Å². The van der Waals surface area contributed by atoms with Gasteiger partial charge in [0.2, 0.25) is 0 Å². The summed E-state index contributed by atoms with van der Waals surface area (Å²) < 4.78 is 0. The highest BCUT2D eigenvalue weighted by Crippen LogP contribution is 2.38. The summed E-state index contributed by atoms with van der Waals surface area (Å²) in [5, 5.41) is 10.7. The summed E-state index contributed by atoms with van der Waals surface area (Å²) in [4.78, 5) is 5.90. The number of nitrogens with one attached hydrogen (secondary N) is 1. The van der Waals surface area contributed by atoms with E-state index < -0.39 is 0 Å². The van der Waals surface area contributed by atoms with Crippen molar-refractivity contribution in [3.8, 4) is 6.07 Å². The highest BCUT2D eigenvalue weighted by molar-refractivity contribution is 5.90. The SMILES string of the molecule is N#CC1=C2c3[nH]c4ccccc4c3CCN2CCC1. The van der Waals surface area contributed by atoms with Crippen LogP contribution in [-0.4, -0.2) is 23.0 Å². The van der Waals surface area contributed by atoms with Crippen molar-refractivity contribution in [1.29, 1.82) is 5.26 Å². The first-order valence-electron chi connectivity index (χ1n) is 6.86. The van der Waals surface area contributed by atoms with Crippen LogP contribution >= 0.6 is 0 Å². The van der Waals surface area contributed by atoms with Gasteiger partial charge in [-0.3, -0.25) is 0 Å². The summed E-state index contributed by atoms with van der Waals surface area (Å²) in [6, 6.07) is 10.8. The lowest BCUT2D eigenvalue weighted by molar-refractivity contribution is 0.366. The number of para-hydroxylation sites is 1. The monoisotopic (exact) mass is 249 g/mol. The van der Waals surface area contributed by atoms with Gasteiger partial charge in [0, 0.05) is 24.0 Å². The highest BCUT2D eigenvalue weighted by atomic mass is 15.2. The van der Waals surface area contributed by atoms with Crippen molar-refractivity contribution in [2.45, 2.75) is 19.3 Å². The molecule has 1 N–H and O–H groups in total. The number of aromatic amines is 1. The molecule has 1 aromatic heterocycles. The molecule has 0 saturated carbocycles. The Morgan fingerprint density at radius 3 is 2.95 bits per heavy atom. The lowest BCUT2D eigenvalue weighted by Gasteiger charge is -2.35. The molecule has 2 aromatic rings. The van der Waals surface area contributed by atoms with Gasteiger partial charge in [0.1, 0.15) is 0 Å². The molecule has 0 bridgehead atoms. The second-order valence-electron chi connectivity index (χ2n) is 5.30. The van der Waals surface area contributed by atoms with Crippen molar-refractivity contribution >= 4 is 16.6 Å². The number of rotatable bonds is 0. The van der Waals surface area contributed by atoms with Crippen molar-refractivity contribution < 1.29 is 0 Å². The van der Waals surface area contributed by atoms with Gasteiger partial charge in [-0.1, -0.05) is 18.2 Å². The molecule has 3 nitrogen and oxygen atoms in total. The first kappa shape index (κ1) is 10.7. The normalized spacial score (nSPS) is 18.2. The summed E-state index contributed by atoms with van der Waals surface area (Å²) >= 11 is 0. The minimum Gasteiger partial charge on any atom is -0.369 e. The fourth-order valence-corrected chi connectivity index (χ4v) is 3.42. The van der Waals surface area contributed by atoms with Crippen LogP contribution in [0.15, 0.2) is 29.8 Å². The van der Waals surface area contributed by atoms with Gasteiger partial charge in [0.25, 0.3) is 0 Å². The van der Waals surface area contributed by atoms with Gasteiger partial charge < -0.3 is 9.88 Å². The molecule has 0 radical (unpaired) electrons. The molecule has 2 aliphatic heterocycles. The van der Waals surface area contributed by atoms with Crippen molar-refractivity contribution in [3.63, 3.8) is 0 Å². The van der Waals surface area contributed by atoms with Gasteiger partial charge in [-0.05, 0) is 30.9 Å². The van der Waals surface area contributed by atoms with Gasteiger partial charge in [0.05, 0.1) is 23.0 Å². The van der Waals surface area contributed by atoms with Crippen LogP contribution in [0.25, 0.3) is 16.6 Å². The van der Waals surface area contributed by atoms with Gasteiger partial charge in [-0.2, -0.15) is 5.26 Å². The minimum absolute atomic E-state index is 0.914. The second-order valence-corrected chi connectivity index (χ2v) is 5.30. The Bertz CT molecular complexity index is 730. The molecule has 0 saturated heterocycles. The van der Waals surface area contributed by atoms with E-state index in [2.05, 4.69) is 40.2 Å². The maximum absolute atomic E-state index is 9.38. The molecule has 0 amide bonds. The fourth-order valence-electron chi connectivity index (χ4n) is 3.42. The molecule has 4 rings (SSSR count). The van der Waals surface area contributed by atoms with Gasteiger partial charge >= 0.3 is 0 Å². The molecule has 2 aliphatic rings. The number of H-pyrrole nitrogens is 1. The van der Waals surface area contributed by atoms with E-state index in [1.54, 1.807) is 0 Å². The third kappa shape index (κ3) is 1.43. The van der Waals surface area contributed by atoms with Crippen LogP contribution in [0.4, 0.5) is 0 Å². The summed E-state index contributed by atoms with van der Waals surface area (Å²) in [5.41, 5.74) is 5.86. The van der Waals surface area contributed by atoms with Crippen molar-refractivity contribution in [1.82, 2.24) is 9.88 Å². The lowest BCUT2D eigenvalue weighted by Crippen LogP contribution is -2.33. The first-order chi connectivity index (χ1) is 9.38. The van der Waals surface area contributed by atoms with E-state index in [9.17, 15) is 5.26 Å². The number of nitriles is 1. The summed E-state index contributed by atoms with van der Waals surface area (Å²) in [6.07, 6.45) is 3.08. The molecule has 94 valence electrons. The Morgan fingerprint density at radius 1 is 1.16 bits per heavy atom. The lowest BCUT2D eigenvalue weighted by atomic mass is 9.93. The molecule has 0 fully saturated rings. The highest BCUT2D eigenvalue weighted by Gasteiger charge is 2.29. The predicted octanol–water partition coefficient (Wildman–Crippen LogP) is 3.05. The van der Waals surface area contributed by atoms with E-state index in [4.69, 9.17) is 0 Å². The average Bonchev–Trinajstić information content (AvgIpc) is 2.85. The summed E-state index contributed by atoms with van der Waals surface area (Å²) in [5.74, 6) is 0. The van der Waals surface area contributed by atoms with Gasteiger partial charge in [-0.15, -0.1) is 0 Å². The number of allylic oxidation sites excluding steroid dienone is 1. The van der Waals surface area contributed by atoms with Gasteiger partial charge in [-0.25, -0.2) is 0 Å². The van der Waals surface area contributed by atoms with Crippen LogP contribution in [0.2, 0.25) is 0 Å². The number of aromatic nitrogens is 1. The molecular weight excluding hydrogens is 234 g/mol. The standard InChI is InChI=1S/C16H15N3/c17-10-11-4-3-8-19-9-7-13-12-5-1-2-6-14(12)18-15(13)16(11)19/h1-2,5-6,18H,3-4,7-9H2. The Kier molecular flexibility index (Phi) is 2.19. The average molecular weight is 249 g/mol. The van der Waals surface area contributed by atoms with Crippen LogP contribution in [0, 0.1) is 11.3 Å². The fraction of sp³-hybridized carbons (Fsp3) is 0.312. The van der Waals surface area contributed by atoms with Crippen LogP contribution in [0.1, 0.15) is 24.1 Å². The molecule has 19 heavy (non-hydrogen) atoms. The maximum atomic E-state index is 9.38. The van der Waals surface area contributed by atoms with E-state index >= 15 is 0 Å². The van der Waals surface area contributed by atoms with E-state index in [1.165, 1.54) is 22.2 Å². The number of benzene rings is 1. The first-order valence-corrected chi connectivity index (χ1v) is 6.86. The number of nitrogens with zero attached hydrogens (tertiary/aromatic N) is 2. The molecule has 3 heteroatoms. The number of hydrogen-bond acceptors (Lipinski definition) is 2. The zero-order valence-electron chi connectivity index (χ0n) is 10.7. The zero-order chi connectivity index (χ0) is 12.8. The van der Waals surface area contributed by atoms with Crippen LogP contribution in [0.3, 0.4) is 0 Å². The Morgan fingerprint density at radius 2 is 2.05 bits per heavy atom. The van der Waals surface area contributed by atoms with Crippen molar-refractivity contribution in [2.75, 3.05) is 13.1 Å². The summed E-state index contributed by atoms with van der Waals surface area (Å²) in [7, 11) is 0. The van der Waals surface area contributed by atoms with Crippen molar-refractivity contribution in [2.24, 2.45) is 0 Å². The summed E-state index contributed by atoms with van der Waals surface area (Å²) in [6.45, 7) is 2.12. The van der Waals surface area contributed by atoms with E-state index in [1.807, 2.05) is 0 Å². The molecule has 0 aliphatic carbocycles. The molecule has 1 aromatic carbocycles. The maximum Gasteiger partial charge on any atom is 0.0969 e. The number of hydrogen-bond donors (Lipinski definition) is 1. The Labute approximate surface area is 112 Å². The third-order valence-electron chi connectivity index (χ3n) is 4.27. The van der Waals surface area contributed by atoms with E-state index in [-0.39, 0.29) is 0 Å². The van der Waals surface area contributed by atoms with Crippen LogP contribution in [0.5, 0.6) is 0 Å². The van der Waals surface area contributed by atoms with Crippen LogP contribution < -0.4 is 0 Å². The molecule has 0 spiro atoms. The Balaban J connectivity index is 2.03. The molecule has 0 atom stereocenters. The smallest absolute Gasteiger partial charge is 0.0969 e. The van der Waals surface area contributed by atoms with Gasteiger partial charge in [0.15, 0.2) is 0 Å². The quantitative estimate of drug-likeness (QED) is 0.779. The topological polar surface area (TPSA) is 42.8 Å². The molecule has 0 unspecified atom stereocenters. The number of fused-ring (bicyclic) bond motifs is 5. The Hall–Kier alpha value is -2.21. The molecular formula is C16H15N3. The van der Waals surface area contributed by atoms with Crippen molar-refractivity contribution in [3.05, 3.63) is 41.1 Å². The molecule has 3 heterocycles. The van der Waals surface area contributed by atoms with E-state index in [0.717, 1.165) is 43.6 Å². The predicted molar refractivity (Wildman–Crippen MR) is 75.3 cm³/mol. The largest absolute Gasteiger partial charge is 0.369 e. The van der Waals surface area contributed by atoms with E-state index in [0.29, 0.717) is 0 Å². The minimum atomic E-state index is 0.914. The second kappa shape index (κ2) is 3.89.